The van der Waals surface area contributed by atoms with Crippen molar-refractivity contribution in [1.82, 2.24) is 9.29 Å². The highest BCUT2D eigenvalue weighted by atomic mass is 35.5. The minimum atomic E-state index is -3.80. The van der Waals surface area contributed by atoms with Crippen LogP contribution in [-0.4, -0.2) is 51.9 Å². The number of sulfone groups is 1. The third kappa shape index (κ3) is 8.74. The summed E-state index contributed by atoms with van der Waals surface area (Å²) in [5, 5.41) is 10.8. The van der Waals surface area contributed by atoms with Crippen LogP contribution < -0.4 is 9.46 Å². The Labute approximate surface area is 308 Å². The Kier molecular flexibility index (Phi) is 11.2. The van der Waals surface area contributed by atoms with E-state index in [9.17, 15) is 26.7 Å². The second kappa shape index (κ2) is 15.7. The number of rotatable bonds is 15. The van der Waals surface area contributed by atoms with E-state index in [4.69, 9.17) is 16.3 Å². The average molecular weight is 757 g/mol. The number of aromatic carboxylic acids is 1. The Morgan fingerprint density at radius 1 is 0.808 bits per heavy atom. The first-order valence-electron chi connectivity index (χ1n) is 16.5. The van der Waals surface area contributed by atoms with Gasteiger partial charge in [-0.25, -0.2) is 26.4 Å². The third-order valence-electron chi connectivity index (χ3n) is 8.79. The van der Waals surface area contributed by atoms with Gasteiger partial charge in [-0.1, -0.05) is 84.4 Å². The Morgan fingerprint density at radius 3 is 2.00 bits per heavy atom. The first-order chi connectivity index (χ1) is 24.9. The molecule has 1 heterocycles. The molecular formula is C40H37ClN2O7S2. The number of benzene rings is 5. The van der Waals surface area contributed by atoms with E-state index >= 15 is 0 Å². The van der Waals surface area contributed by atoms with Crippen molar-refractivity contribution in [2.45, 2.75) is 29.5 Å². The van der Waals surface area contributed by atoms with Crippen LogP contribution in [0.2, 0.25) is 5.02 Å². The van der Waals surface area contributed by atoms with Crippen molar-refractivity contribution in [3.8, 4) is 5.75 Å². The molecule has 12 heteroatoms. The lowest BCUT2D eigenvalue weighted by atomic mass is 9.97. The summed E-state index contributed by atoms with van der Waals surface area (Å²) < 4.78 is 61.5. The third-order valence-corrected chi connectivity index (χ3v) is 11.5. The number of fused-ring (bicyclic) bond motifs is 1. The molecule has 0 aliphatic heterocycles. The molecule has 6 rings (SSSR count). The summed E-state index contributed by atoms with van der Waals surface area (Å²) in [5.74, 6) is -0.807. The van der Waals surface area contributed by atoms with E-state index in [-0.39, 0.29) is 35.4 Å². The van der Waals surface area contributed by atoms with Gasteiger partial charge in [-0.3, -0.25) is 0 Å². The van der Waals surface area contributed by atoms with Crippen LogP contribution in [0.25, 0.3) is 10.9 Å². The van der Waals surface area contributed by atoms with Crippen molar-refractivity contribution in [2.24, 2.45) is 0 Å². The smallest absolute Gasteiger partial charge is 0.335 e. The molecule has 0 bridgehead atoms. The van der Waals surface area contributed by atoms with Gasteiger partial charge >= 0.3 is 5.97 Å². The minimum Gasteiger partial charge on any atom is -0.493 e. The molecule has 0 radical (unpaired) electrons. The lowest BCUT2D eigenvalue weighted by Gasteiger charge is -2.25. The normalized spacial score (nSPS) is 12.0. The number of carboxylic acid groups (broad SMARTS) is 1. The lowest BCUT2D eigenvalue weighted by molar-refractivity contribution is 0.0696. The standard InChI is InChI=1S/C40H37ClN2O7S2/c1-51(46,47)34-19-12-28(13-20-34)27-52(48,49)42-24-22-38-35(23-25-50-33-17-14-31(15-18-33)40(44)45)36-26-32(41)16-21-37(36)43(38)39(29-8-4-2-5-9-29)30-10-6-3-7-11-30/h2-21,26,39,42H,22-25,27H2,1H3,(H,44,45). The Morgan fingerprint density at radius 2 is 1.42 bits per heavy atom. The van der Waals surface area contributed by atoms with Gasteiger partial charge in [-0.2, -0.15) is 0 Å². The number of carbonyl (C=O) groups is 1. The Balaban J connectivity index is 1.37. The number of nitrogens with zero attached hydrogens (tertiary/aromatic N) is 1. The van der Waals surface area contributed by atoms with Crippen LogP contribution in [0.3, 0.4) is 0 Å². The van der Waals surface area contributed by atoms with Crippen LogP contribution >= 0.6 is 11.6 Å². The van der Waals surface area contributed by atoms with Gasteiger partial charge in [-0.05, 0) is 76.9 Å². The van der Waals surface area contributed by atoms with E-state index in [1.165, 1.54) is 36.4 Å². The molecule has 0 spiro atoms. The highest BCUT2D eigenvalue weighted by Crippen LogP contribution is 2.38. The van der Waals surface area contributed by atoms with E-state index < -0.39 is 25.8 Å². The molecule has 5 aromatic carbocycles. The molecule has 268 valence electrons. The van der Waals surface area contributed by atoms with Crippen LogP contribution in [0.1, 0.15) is 44.3 Å². The molecule has 0 fully saturated rings. The second-order valence-electron chi connectivity index (χ2n) is 12.4. The predicted octanol–water partition coefficient (Wildman–Crippen LogP) is 7.32. The van der Waals surface area contributed by atoms with E-state index in [0.717, 1.165) is 39.5 Å². The molecule has 0 aliphatic rings. The van der Waals surface area contributed by atoms with Crippen LogP contribution in [0.4, 0.5) is 0 Å². The fourth-order valence-corrected chi connectivity index (χ4v) is 8.35. The van der Waals surface area contributed by atoms with E-state index in [0.29, 0.717) is 29.2 Å². The van der Waals surface area contributed by atoms with Crippen molar-refractivity contribution in [3.05, 3.63) is 166 Å². The molecule has 2 N–H and O–H groups in total. The van der Waals surface area contributed by atoms with Gasteiger partial charge in [0.2, 0.25) is 10.0 Å². The zero-order valence-electron chi connectivity index (χ0n) is 28.3. The minimum absolute atomic E-state index is 0.0919. The molecule has 0 aliphatic carbocycles. The predicted molar refractivity (Wildman–Crippen MR) is 204 cm³/mol. The molecule has 6 aromatic rings. The van der Waals surface area contributed by atoms with Crippen LogP contribution in [0.15, 0.2) is 132 Å². The number of carboxylic acids is 1. The van der Waals surface area contributed by atoms with Gasteiger partial charge in [0.15, 0.2) is 9.84 Å². The molecule has 0 amide bonds. The maximum atomic E-state index is 13.3. The highest BCUT2D eigenvalue weighted by Gasteiger charge is 2.26. The van der Waals surface area contributed by atoms with Crippen LogP contribution in [-0.2, 0) is 38.5 Å². The second-order valence-corrected chi connectivity index (χ2v) is 16.7. The van der Waals surface area contributed by atoms with Gasteiger partial charge in [0.05, 0.1) is 28.9 Å². The number of nitrogens with one attached hydrogen (secondary N) is 1. The summed E-state index contributed by atoms with van der Waals surface area (Å²) in [4.78, 5) is 11.5. The van der Waals surface area contributed by atoms with Gasteiger partial charge < -0.3 is 14.4 Å². The summed E-state index contributed by atoms with van der Waals surface area (Å²) in [5.41, 5.74) is 5.49. The Bertz CT molecular complexity index is 2360. The molecule has 0 saturated carbocycles. The average Bonchev–Trinajstić information content (AvgIpc) is 3.40. The van der Waals surface area contributed by atoms with Crippen LogP contribution in [0.5, 0.6) is 5.75 Å². The first-order valence-corrected chi connectivity index (χ1v) is 20.5. The monoisotopic (exact) mass is 756 g/mol. The molecule has 0 saturated heterocycles. The fourth-order valence-electron chi connectivity index (χ4n) is 6.41. The topological polar surface area (TPSA) is 132 Å². The van der Waals surface area contributed by atoms with Crippen LogP contribution in [0, 0.1) is 0 Å². The number of aromatic nitrogens is 1. The molecule has 1 aromatic heterocycles. The van der Waals surface area contributed by atoms with E-state index in [1.54, 1.807) is 12.1 Å². The maximum absolute atomic E-state index is 13.3. The van der Waals surface area contributed by atoms with Crippen molar-refractivity contribution in [2.75, 3.05) is 19.4 Å². The quantitative estimate of drug-likeness (QED) is 0.112. The molecule has 0 atom stereocenters. The number of halogens is 1. The number of hydrogen-bond acceptors (Lipinski definition) is 6. The molecule has 52 heavy (non-hydrogen) atoms. The van der Waals surface area contributed by atoms with Gasteiger partial charge in [-0.15, -0.1) is 0 Å². The summed E-state index contributed by atoms with van der Waals surface area (Å²) in [6.07, 6.45) is 1.89. The fraction of sp³-hybridized carbons (Fsp3) is 0.175. The number of hydrogen-bond donors (Lipinski definition) is 2. The van der Waals surface area contributed by atoms with Gasteiger partial charge in [0.1, 0.15) is 5.75 Å². The lowest BCUT2D eigenvalue weighted by Crippen LogP contribution is -2.28. The highest BCUT2D eigenvalue weighted by molar-refractivity contribution is 7.90. The first kappa shape index (κ1) is 36.8. The van der Waals surface area contributed by atoms with Gasteiger partial charge in [0.25, 0.3) is 0 Å². The maximum Gasteiger partial charge on any atom is 0.335 e. The summed E-state index contributed by atoms with van der Waals surface area (Å²) in [6, 6.07) is 37.8. The van der Waals surface area contributed by atoms with E-state index in [1.807, 2.05) is 54.6 Å². The number of ether oxygens (including phenoxy) is 1. The van der Waals surface area contributed by atoms with Crippen molar-refractivity contribution >= 4 is 48.3 Å². The summed E-state index contributed by atoms with van der Waals surface area (Å²) >= 11 is 6.60. The van der Waals surface area contributed by atoms with Crippen molar-refractivity contribution in [3.63, 3.8) is 0 Å². The van der Waals surface area contributed by atoms with E-state index in [2.05, 4.69) is 33.6 Å². The van der Waals surface area contributed by atoms with Gasteiger partial charge in [0, 0.05) is 47.3 Å². The molecule has 9 nitrogen and oxygen atoms in total. The Hall–Kier alpha value is -4.94. The summed E-state index contributed by atoms with van der Waals surface area (Å²) in [7, 11) is -7.21. The van der Waals surface area contributed by atoms with Crippen molar-refractivity contribution < 1.29 is 31.5 Å². The SMILES string of the molecule is CS(=O)(=O)c1ccc(CS(=O)(=O)NCCc2c(CCOc3ccc(C(=O)O)cc3)c3cc(Cl)ccc3n2C(c2ccccc2)c2ccccc2)cc1. The largest absolute Gasteiger partial charge is 0.493 e. The zero-order valence-corrected chi connectivity index (χ0v) is 30.7. The van der Waals surface area contributed by atoms with Crippen molar-refractivity contribution in [1.29, 1.82) is 0 Å². The summed E-state index contributed by atoms with van der Waals surface area (Å²) in [6.45, 7) is 0.357. The molecule has 0 unspecified atom stereocenters. The molecular weight excluding hydrogens is 720 g/mol. The zero-order chi connectivity index (χ0) is 36.9. The number of sulfonamides is 1.